The molecule has 6 nitrogen and oxygen atoms in total. The second-order valence-electron chi connectivity index (χ2n) is 7.13. The molecule has 0 bridgehead atoms. The summed E-state index contributed by atoms with van der Waals surface area (Å²) in [4.78, 5) is 13.5. The Balaban J connectivity index is 0.00000210. The lowest BCUT2D eigenvalue weighted by Gasteiger charge is -2.21. The van der Waals surface area contributed by atoms with E-state index in [1.807, 2.05) is 7.05 Å². The zero-order valence-electron chi connectivity index (χ0n) is 15.2. The molecule has 144 valence electrons. The molecule has 0 radical (unpaired) electrons. The number of nitrogen functional groups attached to an aromatic ring is 1. The third-order valence-electron chi connectivity index (χ3n) is 5.22. The molecule has 2 aromatic heterocycles. The molecule has 3 aromatic rings. The van der Waals surface area contributed by atoms with Gasteiger partial charge in [0.25, 0.3) is 0 Å². The fourth-order valence-corrected chi connectivity index (χ4v) is 3.75. The normalized spacial score (nSPS) is 15.8. The van der Waals surface area contributed by atoms with E-state index in [0.717, 1.165) is 25.7 Å². The molecule has 1 aliphatic rings. The summed E-state index contributed by atoms with van der Waals surface area (Å²) in [5.74, 6) is 1.18. The molecule has 0 aliphatic heterocycles. The van der Waals surface area contributed by atoms with E-state index in [9.17, 15) is 9.50 Å². The van der Waals surface area contributed by atoms with Crippen molar-refractivity contribution in [3.63, 3.8) is 0 Å². The lowest BCUT2D eigenvalue weighted by atomic mass is 9.96. The Morgan fingerprint density at radius 3 is 2.67 bits per heavy atom. The van der Waals surface area contributed by atoms with Crippen molar-refractivity contribution in [2.75, 3.05) is 5.73 Å². The van der Waals surface area contributed by atoms with Crippen LogP contribution in [-0.4, -0.2) is 30.2 Å². The minimum absolute atomic E-state index is 0. The van der Waals surface area contributed by atoms with E-state index >= 15 is 0 Å². The predicted octanol–water partition coefficient (Wildman–Crippen LogP) is 3.41. The fourth-order valence-electron chi connectivity index (χ4n) is 3.75. The molecule has 1 fully saturated rings. The Bertz CT molecular complexity index is 968. The second-order valence-corrected chi connectivity index (χ2v) is 7.13. The van der Waals surface area contributed by atoms with E-state index in [4.69, 9.17) is 5.73 Å². The van der Waals surface area contributed by atoms with Gasteiger partial charge in [-0.25, -0.2) is 19.3 Å². The Kier molecular flexibility index (Phi) is 5.35. The van der Waals surface area contributed by atoms with Gasteiger partial charge in [-0.2, -0.15) is 0 Å². The third kappa shape index (κ3) is 3.75. The SMILES string of the molecule is Cl.Cn1c(-c2cccc(F)c2)nc2c(N)nc(CCC3(O)CCCC3)nc21. The molecule has 3 N–H and O–H groups in total. The number of rotatable bonds is 4. The first-order valence-electron chi connectivity index (χ1n) is 8.92. The second kappa shape index (κ2) is 7.40. The maximum Gasteiger partial charge on any atom is 0.165 e. The number of benzene rings is 1. The van der Waals surface area contributed by atoms with E-state index in [2.05, 4.69) is 15.0 Å². The maximum atomic E-state index is 13.6. The largest absolute Gasteiger partial charge is 0.390 e. The van der Waals surface area contributed by atoms with Gasteiger partial charge in [0.1, 0.15) is 17.5 Å². The molecule has 0 spiro atoms. The van der Waals surface area contributed by atoms with E-state index in [1.54, 1.807) is 16.7 Å². The summed E-state index contributed by atoms with van der Waals surface area (Å²) in [6.07, 6.45) is 5.00. The summed E-state index contributed by atoms with van der Waals surface area (Å²) in [6.45, 7) is 0. The van der Waals surface area contributed by atoms with Gasteiger partial charge in [0.15, 0.2) is 17.0 Å². The van der Waals surface area contributed by atoms with Crippen LogP contribution < -0.4 is 5.73 Å². The fraction of sp³-hybridized carbons (Fsp3) is 0.421. The third-order valence-corrected chi connectivity index (χ3v) is 5.22. The van der Waals surface area contributed by atoms with Crippen LogP contribution in [0.1, 0.15) is 37.9 Å². The number of halogens is 2. The first-order valence-corrected chi connectivity index (χ1v) is 8.92. The summed E-state index contributed by atoms with van der Waals surface area (Å²) in [6, 6.07) is 6.27. The Morgan fingerprint density at radius 2 is 1.96 bits per heavy atom. The van der Waals surface area contributed by atoms with E-state index < -0.39 is 5.60 Å². The molecule has 1 saturated carbocycles. The lowest BCUT2D eigenvalue weighted by Crippen LogP contribution is -2.25. The van der Waals surface area contributed by atoms with Gasteiger partial charge in [-0.1, -0.05) is 25.0 Å². The van der Waals surface area contributed by atoms with Crippen LogP contribution in [0.2, 0.25) is 0 Å². The van der Waals surface area contributed by atoms with E-state index in [-0.39, 0.29) is 18.2 Å². The first-order chi connectivity index (χ1) is 12.5. The van der Waals surface area contributed by atoms with Gasteiger partial charge in [-0.15, -0.1) is 12.4 Å². The van der Waals surface area contributed by atoms with Crippen LogP contribution in [0, 0.1) is 5.82 Å². The van der Waals surface area contributed by atoms with Crippen molar-refractivity contribution < 1.29 is 9.50 Å². The average molecular weight is 392 g/mol. The van der Waals surface area contributed by atoms with Crippen LogP contribution in [0.25, 0.3) is 22.6 Å². The van der Waals surface area contributed by atoms with Crippen LogP contribution in [0.15, 0.2) is 24.3 Å². The number of hydrogen-bond acceptors (Lipinski definition) is 5. The van der Waals surface area contributed by atoms with Crippen molar-refractivity contribution in [1.29, 1.82) is 0 Å². The van der Waals surface area contributed by atoms with Gasteiger partial charge >= 0.3 is 0 Å². The standard InChI is InChI=1S/C19H22FN5O.ClH/c1-25-17(12-5-4-6-13(20)11-12)24-15-16(21)22-14(23-18(15)25)7-10-19(26)8-2-3-9-19;/h4-6,11,26H,2-3,7-10H2,1H3,(H2,21,22,23);1H. The minimum atomic E-state index is -0.605. The summed E-state index contributed by atoms with van der Waals surface area (Å²) in [7, 11) is 1.83. The van der Waals surface area contributed by atoms with Crippen molar-refractivity contribution in [3.8, 4) is 11.4 Å². The van der Waals surface area contributed by atoms with Crippen LogP contribution in [-0.2, 0) is 13.5 Å². The van der Waals surface area contributed by atoms with Crippen LogP contribution in [0.3, 0.4) is 0 Å². The van der Waals surface area contributed by atoms with Crippen molar-refractivity contribution in [2.45, 2.75) is 44.1 Å². The summed E-state index contributed by atoms with van der Waals surface area (Å²) in [5.41, 5.74) is 7.28. The molecule has 1 aromatic carbocycles. The highest BCUT2D eigenvalue weighted by atomic mass is 35.5. The van der Waals surface area contributed by atoms with Gasteiger partial charge in [-0.3, -0.25) is 0 Å². The number of aliphatic hydroxyl groups is 1. The summed E-state index contributed by atoms with van der Waals surface area (Å²) >= 11 is 0. The molecule has 2 heterocycles. The molecule has 0 unspecified atom stereocenters. The molecule has 4 rings (SSSR count). The molecule has 1 aliphatic carbocycles. The molecule has 27 heavy (non-hydrogen) atoms. The number of aryl methyl sites for hydroxylation is 2. The molecule has 0 atom stereocenters. The number of hydrogen-bond donors (Lipinski definition) is 2. The summed E-state index contributed by atoms with van der Waals surface area (Å²) in [5, 5.41) is 10.5. The number of fused-ring (bicyclic) bond motifs is 1. The molecular weight excluding hydrogens is 369 g/mol. The number of imidazole rings is 1. The smallest absolute Gasteiger partial charge is 0.165 e. The summed E-state index contributed by atoms with van der Waals surface area (Å²) < 4.78 is 15.4. The van der Waals surface area contributed by atoms with Gasteiger partial charge in [0, 0.05) is 19.0 Å². The Morgan fingerprint density at radius 1 is 1.22 bits per heavy atom. The highest BCUT2D eigenvalue weighted by Gasteiger charge is 2.31. The van der Waals surface area contributed by atoms with Gasteiger partial charge < -0.3 is 15.4 Å². The molecule has 8 heteroatoms. The van der Waals surface area contributed by atoms with Crippen molar-refractivity contribution in [2.24, 2.45) is 7.05 Å². The molecule has 0 amide bonds. The molecular formula is C19H23ClFN5O. The average Bonchev–Trinajstić information content (AvgIpc) is 3.18. The van der Waals surface area contributed by atoms with Crippen molar-refractivity contribution >= 4 is 29.4 Å². The number of nitrogens with zero attached hydrogens (tertiary/aromatic N) is 4. The monoisotopic (exact) mass is 391 g/mol. The highest BCUT2D eigenvalue weighted by molar-refractivity contribution is 5.85. The first kappa shape index (κ1) is 19.5. The maximum absolute atomic E-state index is 13.6. The van der Waals surface area contributed by atoms with E-state index in [1.165, 1.54) is 12.1 Å². The quantitative estimate of drug-likeness (QED) is 0.711. The minimum Gasteiger partial charge on any atom is -0.390 e. The molecule has 0 saturated heterocycles. The predicted molar refractivity (Wildman–Crippen MR) is 105 cm³/mol. The van der Waals surface area contributed by atoms with Crippen LogP contribution in [0.4, 0.5) is 10.2 Å². The van der Waals surface area contributed by atoms with Gasteiger partial charge in [0.05, 0.1) is 5.60 Å². The lowest BCUT2D eigenvalue weighted by molar-refractivity contribution is 0.0386. The van der Waals surface area contributed by atoms with E-state index in [0.29, 0.717) is 47.0 Å². The van der Waals surface area contributed by atoms with Gasteiger partial charge in [0.2, 0.25) is 0 Å². The number of aromatic nitrogens is 4. The van der Waals surface area contributed by atoms with Crippen molar-refractivity contribution in [1.82, 2.24) is 19.5 Å². The topological polar surface area (TPSA) is 89.9 Å². The Labute approximate surface area is 163 Å². The number of anilines is 1. The zero-order chi connectivity index (χ0) is 18.3. The van der Waals surface area contributed by atoms with Gasteiger partial charge in [-0.05, 0) is 31.4 Å². The van der Waals surface area contributed by atoms with Crippen LogP contribution >= 0.6 is 12.4 Å². The zero-order valence-corrected chi connectivity index (χ0v) is 16.0. The Hall–Kier alpha value is -2.25. The number of nitrogens with two attached hydrogens (primary N) is 1. The van der Waals surface area contributed by atoms with Crippen molar-refractivity contribution in [3.05, 3.63) is 35.9 Å². The highest BCUT2D eigenvalue weighted by Crippen LogP contribution is 2.33. The van der Waals surface area contributed by atoms with Crippen LogP contribution in [0.5, 0.6) is 0 Å².